The topological polar surface area (TPSA) is 51.1 Å². The average Bonchev–Trinajstić information content (AvgIpc) is 3.19. The van der Waals surface area contributed by atoms with E-state index in [0.717, 1.165) is 36.4 Å². The summed E-state index contributed by atoms with van der Waals surface area (Å²) in [6.45, 7) is 0.914. The first-order valence-electron chi connectivity index (χ1n) is 8.88. The standard InChI is InChI=1S/C19H24N2O3/c1-23-17-7-5-13(6-8-17)9-15-11-18(24-20-15)19(22)21-12-14-3-2-4-16(21)10-14/h5-8,14,16,18H,2-4,9-12H2,1H3/t14-,16+,18+/m0/s1. The van der Waals surface area contributed by atoms with Crippen molar-refractivity contribution in [3.63, 3.8) is 0 Å². The molecule has 1 saturated heterocycles. The second kappa shape index (κ2) is 6.46. The number of likely N-dealkylation sites (tertiary alicyclic amines) is 1. The van der Waals surface area contributed by atoms with Gasteiger partial charge in [0, 0.05) is 25.4 Å². The molecule has 2 aliphatic heterocycles. The zero-order chi connectivity index (χ0) is 16.5. The van der Waals surface area contributed by atoms with Crippen LogP contribution in [0.5, 0.6) is 5.75 Å². The van der Waals surface area contributed by atoms with Gasteiger partial charge in [-0.25, -0.2) is 0 Å². The Morgan fingerprint density at radius 1 is 1.33 bits per heavy atom. The lowest BCUT2D eigenvalue weighted by Crippen LogP contribution is -2.42. The molecule has 0 spiro atoms. The number of nitrogens with zero attached hydrogens (tertiary/aromatic N) is 2. The first kappa shape index (κ1) is 15.5. The van der Waals surface area contributed by atoms with E-state index in [1.165, 1.54) is 19.3 Å². The summed E-state index contributed by atoms with van der Waals surface area (Å²) in [5, 5.41) is 4.17. The van der Waals surface area contributed by atoms with Crippen molar-refractivity contribution in [1.29, 1.82) is 0 Å². The number of ether oxygens (including phenoxy) is 1. The maximum Gasteiger partial charge on any atom is 0.267 e. The van der Waals surface area contributed by atoms with E-state index in [1.54, 1.807) is 7.11 Å². The monoisotopic (exact) mass is 328 g/mol. The van der Waals surface area contributed by atoms with Crippen LogP contribution in [0.1, 0.15) is 37.7 Å². The van der Waals surface area contributed by atoms with Gasteiger partial charge in [-0.05, 0) is 42.9 Å². The summed E-state index contributed by atoms with van der Waals surface area (Å²) in [6, 6.07) is 8.38. The highest BCUT2D eigenvalue weighted by molar-refractivity contribution is 5.94. The molecule has 2 bridgehead atoms. The summed E-state index contributed by atoms with van der Waals surface area (Å²) in [5.74, 6) is 1.68. The van der Waals surface area contributed by atoms with Gasteiger partial charge >= 0.3 is 0 Å². The molecular formula is C19H24N2O3. The molecule has 1 aromatic rings. The van der Waals surface area contributed by atoms with E-state index in [2.05, 4.69) is 10.1 Å². The molecule has 1 saturated carbocycles. The summed E-state index contributed by atoms with van der Waals surface area (Å²) in [7, 11) is 1.66. The Labute approximate surface area is 142 Å². The Balaban J connectivity index is 1.34. The van der Waals surface area contributed by atoms with Crippen molar-refractivity contribution < 1.29 is 14.4 Å². The normalized spacial score (nSPS) is 28.5. The average molecular weight is 328 g/mol. The van der Waals surface area contributed by atoms with Crippen LogP contribution in [0.25, 0.3) is 0 Å². The Kier molecular flexibility index (Phi) is 4.17. The van der Waals surface area contributed by atoms with Crippen molar-refractivity contribution in [2.45, 2.75) is 50.7 Å². The van der Waals surface area contributed by atoms with Gasteiger partial charge in [0.25, 0.3) is 5.91 Å². The lowest BCUT2D eigenvalue weighted by atomic mass is 9.90. The Morgan fingerprint density at radius 2 is 2.17 bits per heavy atom. The minimum absolute atomic E-state index is 0.137. The quantitative estimate of drug-likeness (QED) is 0.854. The third-order valence-electron chi connectivity index (χ3n) is 5.51. The molecule has 1 aromatic carbocycles. The van der Waals surface area contributed by atoms with E-state index in [-0.39, 0.29) is 5.91 Å². The molecule has 0 unspecified atom stereocenters. The van der Waals surface area contributed by atoms with Gasteiger partial charge in [0.05, 0.1) is 12.8 Å². The fourth-order valence-corrected chi connectivity index (χ4v) is 4.24. The van der Waals surface area contributed by atoms with Crippen LogP contribution in [0.3, 0.4) is 0 Å². The fourth-order valence-electron chi connectivity index (χ4n) is 4.24. The maximum absolute atomic E-state index is 12.8. The summed E-state index contributed by atoms with van der Waals surface area (Å²) in [5.41, 5.74) is 2.10. The smallest absolute Gasteiger partial charge is 0.267 e. The van der Waals surface area contributed by atoms with Gasteiger partial charge in [0.15, 0.2) is 0 Å². The fraction of sp³-hybridized carbons (Fsp3) is 0.579. The van der Waals surface area contributed by atoms with Crippen LogP contribution < -0.4 is 4.74 Å². The lowest BCUT2D eigenvalue weighted by Gasteiger charge is -2.26. The molecule has 1 amide bonds. The van der Waals surface area contributed by atoms with Gasteiger partial charge in [-0.2, -0.15) is 0 Å². The van der Waals surface area contributed by atoms with Gasteiger partial charge < -0.3 is 14.5 Å². The predicted molar refractivity (Wildman–Crippen MR) is 91.1 cm³/mol. The number of carbonyl (C=O) groups excluding carboxylic acids is 1. The van der Waals surface area contributed by atoms with Gasteiger partial charge in [-0.15, -0.1) is 0 Å². The van der Waals surface area contributed by atoms with Gasteiger partial charge in [-0.1, -0.05) is 23.7 Å². The van der Waals surface area contributed by atoms with Crippen LogP contribution in [-0.2, 0) is 16.1 Å². The molecule has 0 N–H and O–H groups in total. The number of methoxy groups -OCH3 is 1. The number of hydrogen-bond acceptors (Lipinski definition) is 4. The highest BCUT2D eigenvalue weighted by Gasteiger charge is 2.42. The molecule has 5 nitrogen and oxygen atoms in total. The molecule has 128 valence electrons. The Hall–Kier alpha value is -2.04. The molecule has 0 radical (unpaired) electrons. The van der Waals surface area contributed by atoms with E-state index >= 15 is 0 Å². The summed E-state index contributed by atoms with van der Waals surface area (Å²) in [4.78, 5) is 20.3. The zero-order valence-electron chi connectivity index (χ0n) is 14.1. The molecule has 1 aliphatic carbocycles. The van der Waals surface area contributed by atoms with E-state index in [0.29, 0.717) is 18.4 Å². The molecule has 0 aromatic heterocycles. The minimum Gasteiger partial charge on any atom is -0.497 e. The Bertz CT molecular complexity index is 641. The predicted octanol–water partition coefficient (Wildman–Crippen LogP) is 2.78. The van der Waals surface area contributed by atoms with Crippen molar-refractivity contribution in [3.8, 4) is 5.75 Å². The van der Waals surface area contributed by atoms with Crippen LogP contribution >= 0.6 is 0 Å². The molecule has 5 heteroatoms. The van der Waals surface area contributed by atoms with Crippen molar-refractivity contribution in [3.05, 3.63) is 29.8 Å². The van der Waals surface area contributed by atoms with Crippen LogP contribution in [0.4, 0.5) is 0 Å². The number of amides is 1. The minimum atomic E-state index is -0.419. The second-order valence-electron chi connectivity index (χ2n) is 7.16. The van der Waals surface area contributed by atoms with Crippen molar-refractivity contribution in [2.24, 2.45) is 11.1 Å². The first-order valence-corrected chi connectivity index (χ1v) is 8.88. The largest absolute Gasteiger partial charge is 0.497 e. The summed E-state index contributed by atoms with van der Waals surface area (Å²) < 4.78 is 5.17. The number of carbonyl (C=O) groups is 1. The summed E-state index contributed by atoms with van der Waals surface area (Å²) >= 11 is 0. The Morgan fingerprint density at radius 3 is 2.92 bits per heavy atom. The van der Waals surface area contributed by atoms with E-state index in [1.807, 2.05) is 24.3 Å². The van der Waals surface area contributed by atoms with Crippen LogP contribution in [0, 0.1) is 5.92 Å². The highest BCUT2D eigenvalue weighted by atomic mass is 16.6. The number of rotatable bonds is 4. The third-order valence-corrected chi connectivity index (χ3v) is 5.51. The maximum atomic E-state index is 12.8. The van der Waals surface area contributed by atoms with Crippen molar-refractivity contribution in [2.75, 3.05) is 13.7 Å². The number of fused-ring (bicyclic) bond motifs is 2. The lowest BCUT2D eigenvalue weighted by molar-refractivity contribution is -0.143. The zero-order valence-corrected chi connectivity index (χ0v) is 14.1. The number of hydrogen-bond donors (Lipinski definition) is 0. The number of benzene rings is 1. The molecule has 2 heterocycles. The first-order chi connectivity index (χ1) is 11.7. The van der Waals surface area contributed by atoms with Crippen LogP contribution in [-0.4, -0.2) is 42.3 Å². The van der Waals surface area contributed by atoms with Crippen molar-refractivity contribution in [1.82, 2.24) is 4.90 Å². The molecule has 3 atom stereocenters. The third kappa shape index (κ3) is 2.99. The molecule has 3 aliphatic rings. The van der Waals surface area contributed by atoms with Crippen molar-refractivity contribution >= 4 is 11.6 Å². The highest BCUT2D eigenvalue weighted by Crippen LogP contribution is 2.36. The van der Waals surface area contributed by atoms with Crippen LogP contribution in [0.2, 0.25) is 0 Å². The second-order valence-corrected chi connectivity index (χ2v) is 7.16. The van der Waals surface area contributed by atoms with E-state index in [4.69, 9.17) is 9.57 Å². The molecule has 4 rings (SSSR count). The van der Waals surface area contributed by atoms with Gasteiger partial charge in [0.2, 0.25) is 6.10 Å². The number of oxime groups is 1. The molecule has 2 fully saturated rings. The SMILES string of the molecule is COc1ccc(CC2=NO[C@@H](C(=O)N3C[C@H]4CCC[C@@H]3C4)C2)cc1. The molecule has 24 heavy (non-hydrogen) atoms. The van der Waals surface area contributed by atoms with E-state index < -0.39 is 6.10 Å². The van der Waals surface area contributed by atoms with Gasteiger partial charge in [-0.3, -0.25) is 4.79 Å². The van der Waals surface area contributed by atoms with E-state index in [9.17, 15) is 4.79 Å². The summed E-state index contributed by atoms with van der Waals surface area (Å²) in [6.07, 6.45) is 5.76. The van der Waals surface area contributed by atoms with Gasteiger partial charge in [0.1, 0.15) is 5.75 Å². The van der Waals surface area contributed by atoms with Crippen LogP contribution in [0.15, 0.2) is 29.4 Å². The molecular weight excluding hydrogens is 304 g/mol.